The first-order valence-electron chi connectivity index (χ1n) is 22.5. The van der Waals surface area contributed by atoms with Gasteiger partial charge in [0.2, 0.25) is 5.69 Å². The van der Waals surface area contributed by atoms with Gasteiger partial charge in [0, 0.05) is 86.1 Å². The van der Waals surface area contributed by atoms with E-state index in [0.29, 0.717) is 16.8 Å². The van der Waals surface area contributed by atoms with Crippen molar-refractivity contribution in [2.75, 3.05) is 0 Å². The molecule has 0 unspecified atom stereocenters. The van der Waals surface area contributed by atoms with Crippen molar-refractivity contribution in [2.45, 2.75) is 0 Å². The Bertz CT molecular complexity index is 4660. The Morgan fingerprint density at radius 1 is 0.471 bits per heavy atom. The number of rotatable bonds is 4. The van der Waals surface area contributed by atoms with Crippen molar-refractivity contribution in [3.05, 3.63) is 205 Å². The van der Waals surface area contributed by atoms with Crippen LogP contribution in [0.3, 0.4) is 0 Å². The molecule has 0 fully saturated rings. The monoisotopic (exact) mass is 897 g/mol. The van der Waals surface area contributed by atoms with Gasteiger partial charge in [-0.05, 0) is 69.8 Å². The topological polar surface area (TPSA) is 50.9 Å². The van der Waals surface area contributed by atoms with Gasteiger partial charge in [0.05, 0.1) is 50.3 Å². The summed E-state index contributed by atoms with van der Waals surface area (Å²) in [6.45, 7) is 9.34. The molecule has 15 aromatic rings. The summed E-state index contributed by atoms with van der Waals surface area (Å²) in [7, 11) is 0. The lowest BCUT2D eigenvalue weighted by Crippen LogP contribution is -2.08. The number of aromatic nitrogens is 3. The molecule has 10 aromatic carbocycles. The lowest BCUT2D eigenvalue weighted by molar-refractivity contribution is 1.14. The van der Waals surface area contributed by atoms with Gasteiger partial charge >= 0.3 is 0 Å². The number of pyridine rings is 1. The highest BCUT2D eigenvalue weighted by atomic mass is 32.1. The van der Waals surface area contributed by atoms with E-state index < -0.39 is 0 Å². The molecule has 0 spiro atoms. The number of hydrogen-bond donors (Lipinski definition) is 0. The summed E-state index contributed by atoms with van der Waals surface area (Å²) in [6, 6.07) is 65.1. The fraction of sp³-hybridized carbons (Fsp3) is 0. The highest BCUT2D eigenvalue weighted by Crippen LogP contribution is 2.55. The summed E-state index contributed by atoms with van der Waals surface area (Å²) in [5.74, 6) is 0. The van der Waals surface area contributed by atoms with Crippen molar-refractivity contribution in [1.82, 2.24) is 14.1 Å². The molecule has 0 aliphatic heterocycles. The molecule has 5 nitrogen and oxygen atoms in total. The summed E-state index contributed by atoms with van der Waals surface area (Å²) in [5, 5.41) is 25.8. The molecule has 0 radical (unpaired) electrons. The summed E-state index contributed by atoms with van der Waals surface area (Å²) in [5.41, 5.74) is 9.50. The quantitative estimate of drug-likeness (QED) is 0.131. The molecule has 68 heavy (non-hydrogen) atoms. The van der Waals surface area contributed by atoms with Crippen LogP contribution in [0.4, 0.5) is 5.69 Å². The minimum Gasteiger partial charge on any atom is -0.318 e. The van der Waals surface area contributed by atoms with Crippen LogP contribution in [0.15, 0.2) is 188 Å². The molecule has 7 heteroatoms. The van der Waals surface area contributed by atoms with E-state index in [0.717, 1.165) is 97.9 Å². The number of hydrogen-bond acceptors (Lipinski definition) is 4. The fourth-order valence-corrected chi connectivity index (χ4v) is 13.9. The normalized spacial score (nSPS) is 12.1. The Hall–Kier alpha value is -8.85. The zero-order valence-corrected chi connectivity index (χ0v) is 37.6. The maximum Gasteiger partial charge on any atom is 0.220 e. The molecule has 0 N–H and O–H groups in total. The van der Waals surface area contributed by atoms with Crippen molar-refractivity contribution in [3.63, 3.8) is 0 Å². The standard InChI is InChI=1S/C61H31N5S2/c1-63-57-53(34-14-4-2-5-15-34)45(32-62)58(54(35-16-6-3-7-17-35)60(57)65-47-22-12-20-39-36-28-29-64-33-46(36)40-21-13-23-48(65)56(40)55(39)47)66-49-30-44-38-19-9-10-24-50(38)67-52(44)31-43(49)41-26-27-42-37-18-8-11-25-51(37)68-61(42)59(41)66/h2-31,33H. The number of nitriles is 1. The highest BCUT2D eigenvalue weighted by molar-refractivity contribution is 7.27. The Kier molecular flexibility index (Phi) is 7.61. The molecule has 5 heterocycles. The summed E-state index contributed by atoms with van der Waals surface area (Å²) in [6.07, 6.45) is 3.84. The molecule has 0 saturated heterocycles. The molecule has 0 saturated carbocycles. The van der Waals surface area contributed by atoms with Gasteiger partial charge in [-0.2, -0.15) is 5.26 Å². The highest BCUT2D eigenvalue weighted by Gasteiger charge is 2.33. The molecule has 0 atom stereocenters. The zero-order valence-electron chi connectivity index (χ0n) is 36.0. The van der Waals surface area contributed by atoms with E-state index in [9.17, 15) is 11.8 Å². The van der Waals surface area contributed by atoms with E-state index in [4.69, 9.17) is 0 Å². The average molecular weight is 898 g/mol. The Balaban J connectivity index is 1.25. The van der Waals surface area contributed by atoms with Crippen molar-refractivity contribution >= 4 is 134 Å². The molecule has 15 rings (SSSR count). The third-order valence-electron chi connectivity index (χ3n) is 14.2. The van der Waals surface area contributed by atoms with Crippen molar-refractivity contribution in [3.8, 4) is 39.7 Å². The zero-order chi connectivity index (χ0) is 44.8. The van der Waals surface area contributed by atoms with Crippen LogP contribution in [0.25, 0.3) is 144 Å². The molecular formula is C61H31N5S2. The van der Waals surface area contributed by atoms with Gasteiger partial charge in [0.1, 0.15) is 6.07 Å². The first-order chi connectivity index (χ1) is 33.7. The number of nitrogens with zero attached hydrogens (tertiary/aromatic N) is 5. The minimum atomic E-state index is 0.419. The molecular weight excluding hydrogens is 867 g/mol. The summed E-state index contributed by atoms with van der Waals surface area (Å²) < 4.78 is 9.54. The lowest BCUT2D eigenvalue weighted by atomic mass is 9.88. The maximum absolute atomic E-state index is 12.1. The number of thiophene rings is 2. The van der Waals surface area contributed by atoms with Crippen LogP contribution in [-0.2, 0) is 0 Å². The van der Waals surface area contributed by atoms with E-state index in [1.54, 1.807) is 11.3 Å². The third kappa shape index (κ3) is 4.83. The van der Waals surface area contributed by atoms with E-state index in [2.05, 4.69) is 165 Å². The second-order valence-electron chi connectivity index (χ2n) is 17.5. The molecule has 0 aliphatic carbocycles. The predicted molar refractivity (Wildman–Crippen MR) is 287 cm³/mol. The summed E-state index contributed by atoms with van der Waals surface area (Å²) >= 11 is 3.61. The first-order valence-corrected chi connectivity index (χ1v) is 24.2. The van der Waals surface area contributed by atoms with Gasteiger partial charge in [-0.15, -0.1) is 22.7 Å². The van der Waals surface area contributed by atoms with E-state index in [1.165, 1.54) is 35.6 Å². The van der Waals surface area contributed by atoms with Gasteiger partial charge < -0.3 is 9.13 Å². The van der Waals surface area contributed by atoms with Crippen molar-refractivity contribution in [2.24, 2.45) is 0 Å². The maximum atomic E-state index is 12.1. The van der Waals surface area contributed by atoms with Gasteiger partial charge in [-0.3, -0.25) is 4.98 Å². The van der Waals surface area contributed by atoms with Crippen molar-refractivity contribution in [1.29, 1.82) is 5.26 Å². The molecule has 312 valence electrons. The van der Waals surface area contributed by atoms with Crippen LogP contribution in [0.2, 0.25) is 0 Å². The minimum absolute atomic E-state index is 0.419. The number of benzene rings is 10. The smallest absolute Gasteiger partial charge is 0.220 e. The van der Waals surface area contributed by atoms with E-state index in [1.807, 2.05) is 60.1 Å². The summed E-state index contributed by atoms with van der Waals surface area (Å²) in [4.78, 5) is 9.18. The average Bonchev–Trinajstić information content (AvgIpc) is 4.15. The van der Waals surface area contributed by atoms with E-state index in [-0.39, 0.29) is 0 Å². The van der Waals surface area contributed by atoms with Gasteiger partial charge in [0.15, 0.2) is 0 Å². The van der Waals surface area contributed by atoms with Crippen molar-refractivity contribution < 1.29 is 0 Å². The van der Waals surface area contributed by atoms with E-state index >= 15 is 0 Å². The Morgan fingerprint density at radius 3 is 1.79 bits per heavy atom. The third-order valence-corrected chi connectivity index (χ3v) is 16.5. The van der Waals surface area contributed by atoms with Crippen LogP contribution in [-0.4, -0.2) is 14.1 Å². The van der Waals surface area contributed by atoms with Crippen LogP contribution in [0.1, 0.15) is 5.56 Å². The molecule has 0 bridgehead atoms. The SMILES string of the molecule is [C-]#[N+]c1c(-c2ccccc2)c(C#N)c(-n2c3cc4c(cc3c3ccc5c6ccccc6sc5c32)sc2ccccc24)c(-c2ccccc2)c1-n1c2cccc3c4ccncc4c4cccc1c4c32. The van der Waals surface area contributed by atoms with Crippen LogP contribution in [0, 0.1) is 17.9 Å². The Morgan fingerprint density at radius 2 is 1.09 bits per heavy atom. The Labute approximate surface area is 396 Å². The molecule has 0 amide bonds. The van der Waals surface area contributed by atoms with Crippen LogP contribution in [0.5, 0.6) is 0 Å². The van der Waals surface area contributed by atoms with Crippen LogP contribution >= 0.6 is 22.7 Å². The lowest BCUT2D eigenvalue weighted by Gasteiger charge is -2.26. The second kappa shape index (κ2) is 13.8. The number of fused-ring (bicyclic) bond motifs is 13. The fourth-order valence-electron chi connectivity index (χ4n) is 11.5. The second-order valence-corrected chi connectivity index (χ2v) is 19.7. The molecule has 5 aromatic heterocycles. The largest absolute Gasteiger partial charge is 0.318 e. The van der Waals surface area contributed by atoms with Crippen LogP contribution < -0.4 is 0 Å². The first kappa shape index (κ1) is 37.4. The van der Waals surface area contributed by atoms with Gasteiger partial charge in [-0.1, -0.05) is 133 Å². The van der Waals surface area contributed by atoms with Gasteiger partial charge in [0.25, 0.3) is 0 Å². The van der Waals surface area contributed by atoms with Gasteiger partial charge in [-0.25, -0.2) is 4.85 Å². The molecule has 0 aliphatic rings. The predicted octanol–water partition coefficient (Wildman–Crippen LogP) is 17.5.